The van der Waals surface area contributed by atoms with E-state index in [1.54, 1.807) is 5.32 Å². The van der Waals surface area contributed by atoms with E-state index in [1.165, 1.54) is 18.7 Å². The minimum absolute atomic E-state index is 0.0138. The molecule has 1 unspecified atom stereocenters. The number of rotatable bonds is 10. The second kappa shape index (κ2) is 10.5. The van der Waals surface area contributed by atoms with E-state index in [0.717, 1.165) is 4.90 Å². The maximum absolute atomic E-state index is 12.5. The number of hydrogen-bond donors (Lipinski definition) is 3. The molecule has 3 saturated heterocycles. The summed E-state index contributed by atoms with van der Waals surface area (Å²) < 4.78 is 53.7. The van der Waals surface area contributed by atoms with Crippen LogP contribution in [0.2, 0.25) is 0 Å². The molecule has 34 heavy (non-hydrogen) atoms. The van der Waals surface area contributed by atoms with Crippen LogP contribution in [0.25, 0.3) is 0 Å². The van der Waals surface area contributed by atoms with Crippen molar-refractivity contribution in [3.8, 4) is 0 Å². The van der Waals surface area contributed by atoms with Gasteiger partial charge in [-0.3, -0.25) is 24.1 Å². The van der Waals surface area contributed by atoms with Gasteiger partial charge in [-0.05, 0) is 6.92 Å². The van der Waals surface area contributed by atoms with Gasteiger partial charge >= 0.3 is 12.1 Å². The van der Waals surface area contributed by atoms with Crippen LogP contribution < -0.4 is 5.32 Å². The second-order valence-corrected chi connectivity index (χ2v) is 9.56. The fraction of sp³-hybridized carbons (Fsp3) is 0.789. The number of ketones is 1. The van der Waals surface area contributed by atoms with Gasteiger partial charge in [0.1, 0.15) is 29.6 Å². The van der Waals surface area contributed by atoms with Gasteiger partial charge in [0.15, 0.2) is 6.29 Å². The lowest BCUT2D eigenvalue weighted by molar-refractivity contribution is -0.240. The van der Waals surface area contributed by atoms with Crippen molar-refractivity contribution in [1.29, 1.82) is 0 Å². The largest absolute Gasteiger partial charge is 0.471 e. The van der Waals surface area contributed by atoms with Crippen molar-refractivity contribution >= 4 is 35.3 Å². The van der Waals surface area contributed by atoms with Gasteiger partial charge in [0.2, 0.25) is 11.8 Å². The molecule has 11 nitrogen and oxygen atoms in total. The number of halogens is 3. The molecule has 3 rings (SSSR count). The number of ether oxygens (including phenoxy) is 3. The van der Waals surface area contributed by atoms with Crippen LogP contribution in [-0.4, -0.2) is 112 Å². The van der Waals surface area contributed by atoms with Gasteiger partial charge in [-0.2, -0.15) is 13.2 Å². The monoisotopic (exact) mass is 514 g/mol. The van der Waals surface area contributed by atoms with Crippen LogP contribution in [0, 0.1) is 0 Å². The topological polar surface area (TPSA) is 152 Å². The van der Waals surface area contributed by atoms with Gasteiger partial charge in [-0.25, -0.2) is 0 Å². The smallest absolute Gasteiger partial charge is 0.388 e. The van der Waals surface area contributed by atoms with E-state index in [4.69, 9.17) is 14.2 Å². The minimum Gasteiger partial charge on any atom is -0.388 e. The number of thioether (sulfide) groups is 1. The number of Topliss-reactive ketones (excluding diaryl/α,β-unsaturated/α-hetero) is 1. The molecule has 0 aromatic carbocycles. The number of aliphatic hydroxyl groups excluding tert-OH is 2. The summed E-state index contributed by atoms with van der Waals surface area (Å²) in [6, 6.07) is -1.66. The number of fused-ring (bicyclic) bond motifs is 2. The van der Waals surface area contributed by atoms with Crippen molar-refractivity contribution in [1.82, 2.24) is 10.2 Å². The summed E-state index contributed by atoms with van der Waals surface area (Å²) in [5.74, 6) is -2.68. The molecule has 3 amide bonds. The van der Waals surface area contributed by atoms with Crippen LogP contribution >= 0.6 is 11.8 Å². The first-order valence-electron chi connectivity index (χ1n) is 10.4. The van der Waals surface area contributed by atoms with E-state index in [1.807, 2.05) is 0 Å². The molecule has 0 aromatic rings. The number of alkyl halides is 3. The molecule has 3 N–H and O–H groups in total. The predicted octanol–water partition coefficient (Wildman–Crippen LogP) is -1.26. The van der Waals surface area contributed by atoms with Crippen LogP contribution in [0.3, 0.4) is 0 Å². The quantitative estimate of drug-likeness (QED) is 0.238. The molecule has 3 aliphatic rings. The zero-order chi connectivity index (χ0) is 25.3. The summed E-state index contributed by atoms with van der Waals surface area (Å²) >= 11 is 1.23. The van der Waals surface area contributed by atoms with Crippen molar-refractivity contribution < 1.29 is 56.8 Å². The predicted molar refractivity (Wildman–Crippen MR) is 107 cm³/mol. The van der Waals surface area contributed by atoms with Gasteiger partial charge in [-0.1, -0.05) is 0 Å². The van der Waals surface area contributed by atoms with Crippen molar-refractivity contribution in [3.63, 3.8) is 0 Å². The zero-order valence-electron chi connectivity index (χ0n) is 18.1. The number of hydrogen-bond acceptors (Lipinski definition) is 10. The first-order valence-corrected chi connectivity index (χ1v) is 11.5. The molecule has 0 aliphatic carbocycles. The summed E-state index contributed by atoms with van der Waals surface area (Å²) in [7, 11) is 0. The number of likely N-dealkylation sites (tertiary alicyclic amines) is 1. The van der Waals surface area contributed by atoms with Crippen molar-refractivity contribution in [3.05, 3.63) is 0 Å². The fourth-order valence-corrected chi connectivity index (χ4v) is 5.05. The maximum atomic E-state index is 12.5. The Kier molecular flexibility index (Phi) is 8.25. The highest BCUT2D eigenvalue weighted by Gasteiger charge is 2.60. The molecule has 6 atom stereocenters. The summed E-state index contributed by atoms with van der Waals surface area (Å²) in [5, 5.41) is 21.7. The third-order valence-corrected chi connectivity index (χ3v) is 6.91. The van der Waals surface area contributed by atoms with Crippen LogP contribution in [0.15, 0.2) is 0 Å². The molecule has 192 valence electrons. The van der Waals surface area contributed by atoms with Crippen LogP contribution in [-0.2, 0) is 33.4 Å². The second-order valence-electron chi connectivity index (χ2n) is 8.25. The highest BCUT2D eigenvalue weighted by atomic mass is 32.2. The van der Waals surface area contributed by atoms with E-state index in [-0.39, 0.29) is 44.5 Å². The van der Waals surface area contributed by atoms with Crippen LogP contribution in [0.4, 0.5) is 13.2 Å². The Morgan fingerprint density at radius 2 is 2.03 bits per heavy atom. The number of nitrogens with one attached hydrogen (secondary N) is 1. The third kappa shape index (κ3) is 5.71. The SMILES string of the molecule is CC(=O)CCSC1CC(=O)N(CCOC[C@@]23CO[C@@H](O2)[C@@H](NC(=O)C(F)(F)F)[C@@H](O)[C@H]3O)C1=O. The summed E-state index contributed by atoms with van der Waals surface area (Å²) in [5.41, 5.74) is -1.60. The molecule has 0 aromatic heterocycles. The van der Waals surface area contributed by atoms with Crippen LogP contribution in [0.1, 0.15) is 19.8 Å². The molecule has 0 saturated carbocycles. The van der Waals surface area contributed by atoms with Gasteiger partial charge in [0.05, 0.1) is 31.6 Å². The molecule has 15 heteroatoms. The van der Waals surface area contributed by atoms with Crippen molar-refractivity contribution in [2.24, 2.45) is 0 Å². The number of carbonyl (C=O) groups excluding carboxylic acids is 4. The first kappa shape index (κ1) is 26.8. The molecule has 0 spiro atoms. The number of imide groups is 1. The summed E-state index contributed by atoms with van der Waals surface area (Å²) in [6.07, 6.45) is -9.91. The first-order chi connectivity index (χ1) is 15.9. The Hall–Kier alpha value is -1.78. The van der Waals surface area contributed by atoms with E-state index in [9.17, 15) is 42.6 Å². The van der Waals surface area contributed by atoms with Crippen LogP contribution in [0.5, 0.6) is 0 Å². The van der Waals surface area contributed by atoms with Crippen molar-refractivity contribution in [2.45, 2.75) is 61.3 Å². The van der Waals surface area contributed by atoms with E-state index >= 15 is 0 Å². The lowest BCUT2D eigenvalue weighted by atomic mass is 9.88. The Morgan fingerprint density at radius 3 is 2.68 bits per heavy atom. The lowest BCUT2D eigenvalue weighted by Gasteiger charge is -2.42. The average molecular weight is 514 g/mol. The highest BCUT2D eigenvalue weighted by Crippen LogP contribution is 2.37. The Bertz CT molecular complexity index is 829. The fourth-order valence-electron chi connectivity index (χ4n) is 3.83. The van der Waals surface area contributed by atoms with E-state index in [0.29, 0.717) is 12.2 Å². The lowest BCUT2D eigenvalue weighted by Crippen LogP contribution is -2.67. The summed E-state index contributed by atoms with van der Waals surface area (Å²) in [4.78, 5) is 47.8. The number of carbonyl (C=O) groups is 4. The molecule has 3 fully saturated rings. The normalized spacial score (nSPS) is 33.5. The minimum atomic E-state index is -5.20. The molecule has 3 heterocycles. The molecule has 2 bridgehead atoms. The maximum Gasteiger partial charge on any atom is 0.471 e. The average Bonchev–Trinajstić information content (AvgIpc) is 3.27. The number of aliphatic hydroxyl groups is 2. The summed E-state index contributed by atoms with van der Waals surface area (Å²) in [6.45, 7) is 0.548. The van der Waals surface area contributed by atoms with Crippen molar-refractivity contribution in [2.75, 3.05) is 32.1 Å². The van der Waals surface area contributed by atoms with E-state index in [2.05, 4.69) is 0 Å². The molecular weight excluding hydrogens is 489 g/mol. The van der Waals surface area contributed by atoms with E-state index < -0.39 is 53.4 Å². The molecule has 3 aliphatic heterocycles. The highest BCUT2D eigenvalue weighted by molar-refractivity contribution is 8.00. The number of nitrogens with zero attached hydrogens (tertiary/aromatic N) is 1. The molecule has 0 radical (unpaired) electrons. The zero-order valence-corrected chi connectivity index (χ0v) is 18.9. The Balaban J connectivity index is 1.48. The Labute approximate surface area is 196 Å². The number of amides is 3. The van der Waals surface area contributed by atoms with Gasteiger partial charge in [-0.15, -0.1) is 11.8 Å². The standard InChI is InChI=1S/C19H25F3N2O9S/c1-9(25)2-5-34-10-6-11(26)24(15(10)29)3-4-31-7-18-8-32-16(33-18)12(13(27)14(18)28)23-17(30)19(20,21)22/h10,12-14,16,27-28H,2-8H2,1H3,(H,23,30)/t10?,12-,13+,14+,16-,18-/m0/s1. The van der Waals surface area contributed by atoms with Gasteiger partial charge in [0.25, 0.3) is 0 Å². The van der Waals surface area contributed by atoms with Gasteiger partial charge in [0, 0.05) is 18.6 Å². The molecular formula is C19H25F3N2O9S. The third-order valence-electron chi connectivity index (χ3n) is 5.70. The van der Waals surface area contributed by atoms with Gasteiger partial charge < -0.3 is 29.7 Å². The Morgan fingerprint density at radius 1 is 1.32 bits per heavy atom.